The fourth-order valence-electron chi connectivity index (χ4n) is 5.16. The number of hydrogen-bond donors (Lipinski definition) is 0. The van der Waals surface area contributed by atoms with Crippen molar-refractivity contribution in [1.82, 2.24) is 14.1 Å². The Labute approximate surface area is 258 Å². The van der Waals surface area contributed by atoms with E-state index in [0.717, 1.165) is 27.6 Å². The number of pyridine rings is 1. The first-order valence-corrected chi connectivity index (χ1v) is 13.2. The number of ether oxygens (including phenoxy) is 1. The monoisotopic (exact) mass is 718 g/mol. The molecule has 0 unspecified atom stereocenters. The van der Waals surface area contributed by atoms with Crippen LogP contribution in [-0.4, -0.2) is 14.1 Å². The van der Waals surface area contributed by atoms with Crippen molar-refractivity contribution in [1.29, 1.82) is 0 Å². The van der Waals surface area contributed by atoms with Gasteiger partial charge in [-0.1, -0.05) is 74.4 Å². The minimum Gasteiger partial charge on any atom is -0.510 e. The van der Waals surface area contributed by atoms with Gasteiger partial charge in [0.05, 0.1) is 22.1 Å². The van der Waals surface area contributed by atoms with Crippen molar-refractivity contribution < 1.29 is 34.5 Å². The summed E-state index contributed by atoms with van der Waals surface area (Å²) in [5.41, 5.74) is 4.92. The fourth-order valence-corrected chi connectivity index (χ4v) is 5.16. The molecular weight excluding hydrogens is 687 g/mol. The molecule has 0 N–H and O–H groups in total. The van der Waals surface area contributed by atoms with Gasteiger partial charge in [0, 0.05) is 44.3 Å². The quantitative estimate of drug-likeness (QED) is 0.140. The largest absolute Gasteiger partial charge is 0.510 e. The van der Waals surface area contributed by atoms with E-state index in [4.69, 9.17) is 13.8 Å². The summed E-state index contributed by atoms with van der Waals surface area (Å²) in [6.07, 6.45) is 4.84. The van der Waals surface area contributed by atoms with Crippen LogP contribution in [0.4, 0.5) is 0 Å². The number of fused-ring (bicyclic) bond motifs is 4. The van der Waals surface area contributed by atoms with E-state index in [2.05, 4.69) is 68.1 Å². The summed E-state index contributed by atoms with van der Waals surface area (Å²) in [6.45, 7) is 4.20. The molecule has 4 aromatic carbocycles. The zero-order valence-corrected chi connectivity index (χ0v) is 25.0. The molecule has 41 heavy (non-hydrogen) atoms. The average molecular weight is 719 g/mol. The van der Waals surface area contributed by atoms with E-state index < -0.39 is 6.98 Å². The van der Waals surface area contributed by atoms with Gasteiger partial charge in [0.2, 0.25) is 6.33 Å². The Balaban J connectivity index is 0.00000343. The summed E-state index contributed by atoms with van der Waals surface area (Å²) in [5, 5.41) is 2.15. The zero-order chi connectivity index (χ0) is 29.9. The van der Waals surface area contributed by atoms with Gasteiger partial charge in [-0.15, -0.1) is 29.7 Å². The fraction of sp³-hybridized carbons (Fsp3) is 0.143. The Hall–Kier alpha value is -4.21. The second-order valence-corrected chi connectivity index (χ2v) is 10.9. The Morgan fingerprint density at radius 2 is 1.61 bits per heavy atom. The zero-order valence-electron chi connectivity index (χ0n) is 25.8. The molecule has 0 aliphatic rings. The van der Waals surface area contributed by atoms with Crippen LogP contribution in [0.2, 0.25) is 0 Å². The maximum absolute atomic E-state index is 7.96. The van der Waals surface area contributed by atoms with Gasteiger partial charge in [-0.05, 0) is 34.6 Å². The second-order valence-electron chi connectivity index (χ2n) is 10.9. The van der Waals surface area contributed by atoms with Crippen LogP contribution in [-0.2, 0) is 33.5 Å². The molecule has 0 bridgehead atoms. The number of para-hydroxylation sites is 3. The minimum absolute atomic E-state index is 0. The first kappa shape index (κ1) is 23.5. The molecule has 0 aliphatic heterocycles. The Morgan fingerprint density at radius 3 is 2.44 bits per heavy atom. The third-order valence-electron chi connectivity index (χ3n) is 7.17. The molecule has 3 aromatic heterocycles. The molecule has 0 saturated carbocycles. The van der Waals surface area contributed by atoms with Crippen LogP contribution in [0.15, 0.2) is 97.2 Å². The number of nitrogens with zero attached hydrogens (tertiary/aromatic N) is 4. The minimum atomic E-state index is -2.37. The average Bonchev–Trinajstić information content (AvgIpc) is 3.53. The van der Waals surface area contributed by atoms with E-state index in [1.807, 2.05) is 66.9 Å². The van der Waals surface area contributed by atoms with E-state index in [0.29, 0.717) is 28.2 Å². The first-order chi connectivity index (χ1) is 20.6. The van der Waals surface area contributed by atoms with Crippen molar-refractivity contribution in [3.8, 4) is 23.0 Å². The normalized spacial score (nSPS) is 13.1. The van der Waals surface area contributed by atoms with E-state index in [-0.39, 0.29) is 26.5 Å². The predicted octanol–water partition coefficient (Wildman–Crippen LogP) is 7.43. The number of hydrogen-bond acceptors (Lipinski definition) is 2. The van der Waals surface area contributed by atoms with Gasteiger partial charge < -0.3 is 18.4 Å². The molecule has 6 heteroatoms. The number of aryl methyl sites for hydroxylation is 1. The number of imidazole rings is 1. The smallest absolute Gasteiger partial charge is 0.242 e. The molecule has 3 heterocycles. The van der Waals surface area contributed by atoms with Crippen LogP contribution in [0.25, 0.3) is 44.3 Å². The molecule has 0 atom stereocenters. The standard InChI is InChI=1S/C35H28N4O.Pt/c1-35(2,3)24-18-19-36-34(20-24)39-30-13-6-5-12-28(30)29-17-16-27(22-33(29)39)40-26-11-9-10-25(21-26)38-23-37(4)31-14-7-8-15-32(31)38;/h5-20H,1-4H3;/q-2;/i4D3;. The van der Waals surface area contributed by atoms with Crippen LogP contribution in [0, 0.1) is 18.5 Å². The van der Waals surface area contributed by atoms with Crippen molar-refractivity contribution >= 4 is 32.8 Å². The van der Waals surface area contributed by atoms with Gasteiger partial charge in [0.25, 0.3) is 0 Å². The third kappa shape index (κ3) is 4.75. The van der Waals surface area contributed by atoms with Gasteiger partial charge >= 0.3 is 0 Å². The van der Waals surface area contributed by atoms with E-state index in [9.17, 15) is 0 Å². The Morgan fingerprint density at radius 1 is 0.829 bits per heavy atom. The molecule has 0 saturated heterocycles. The van der Waals surface area contributed by atoms with Gasteiger partial charge in [-0.3, -0.25) is 0 Å². The second kappa shape index (κ2) is 10.3. The van der Waals surface area contributed by atoms with Crippen molar-refractivity contribution in [3.63, 3.8) is 0 Å². The maximum atomic E-state index is 7.96. The van der Waals surface area contributed by atoms with Crippen molar-refractivity contribution in [2.45, 2.75) is 26.2 Å². The summed E-state index contributed by atoms with van der Waals surface area (Å²) in [7, 11) is 0. The molecular formula is C35H28N4OPt-2. The summed E-state index contributed by atoms with van der Waals surface area (Å²) >= 11 is 0. The van der Waals surface area contributed by atoms with Crippen LogP contribution < -0.4 is 9.30 Å². The Kier molecular flexibility index (Phi) is 5.91. The molecule has 0 spiro atoms. The summed E-state index contributed by atoms with van der Waals surface area (Å²) in [6, 6.07) is 36.0. The van der Waals surface area contributed by atoms with E-state index in [1.165, 1.54) is 10.1 Å². The Bertz CT molecular complexity index is 2160. The van der Waals surface area contributed by atoms with E-state index >= 15 is 0 Å². The van der Waals surface area contributed by atoms with Crippen LogP contribution in [0.3, 0.4) is 0 Å². The predicted molar refractivity (Wildman–Crippen MR) is 158 cm³/mol. The molecule has 0 aliphatic carbocycles. The SMILES string of the molecule is [2H]C([2H])([2H])[n+]1[c-]n(-c2[c-]c(Oc3[c-]c4c(cc3)c3ccccc3n4-c3cc(C(C)(C)C)ccn3)ccc2)c2ccccc21.[Pt]. The summed E-state index contributed by atoms with van der Waals surface area (Å²) in [4.78, 5) is 4.75. The summed E-state index contributed by atoms with van der Waals surface area (Å²) < 4.78 is 35.2. The third-order valence-corrected chi connectivity index (χ3v) is 7.17. The van der Waals surface area contributed by atoms with Gasteiger partial charge in [-0.2, -0.15) is 18.2 Å². The van der Waals surface area contributed by atoms with Crippen molar-refractivity contribution in [2.24, 2.45) is 6.98 Å². The molecule has 7 aromatic rings. The number of aromatic nitrogens is 4. The molecule has 0 fully saturated rings. The van der Waals surface area contributed by atoms with Crippen molar-refractivity contribution in [3.05, 3.63) is 121 Å². The first-order valence-electron chi connectivity index (χ1n) is 14.7. The number of benzene rings is 4. The molecule has 206 valence electrons. The van der Waals surface area contributed by atoms with E-state index in [1.54, 1.807) is 10.6 Å². The molecule has 7 rings (SSSR count). The molecule has 5 nitrogen and oxygen atoms in total. The van der Waals surface area contributed by atoms with Crippen molar-refractivity contribution in [2.75, 3.05) is 0 Å². The maximum Gasteiger partial charge on any atom is 0.242 e. The van der Waals surface area contributed by atoms with Gasteiger partial charge in [-0.25, -0.2) is 4.98 Å². The van der Waals surface area contributed by atoms with Crippen LogP contribution in [0.5, 0.6) is 11.5 Å². The van der Waals surface area contributed by atoms with Crippen LogP contribution in [0.1, 0.15) is 30.4 Å². The molecule has 0 radical (unpaired) electrons. The van der Waals surface area contributed by atoms with Crippen LogP contribution >= 0.6 is 0 Å². The van der Waals surface area contributed by atoms with Gasteiger partial charge in [0.1, 0.15) is 5.82 Å². The van der Waals surface area contributed by atoms with Gasteiger partial charge in [0.15, 0.2) is 0 Å². The topological polar surface area (TPSA) is 35.9 Å². The summed E-state index contributed by atoms with van der Waals surface area (Å²) in [5.74, 6) is 1.81. The molecule has 0 amide bonds. The number of rotatable bonds is 4.